The molecule has 5 nitrogen and oxygen atoms in total. The van der Waals surface area contributed by atoms with E-state index < -0.39 is 20.7 Å². The van der Waals surface area contributed by atoms with Crippen LogP contribution < -0.4 is 4.72 Å². The SMILES string of the molecule is CCc1cnc(CNS(=O)(=O)c2ccc(Br)cc2F)o1. The quantitative estimate of drug-likeness (QED) is 0.887. The summed E-state index contributed by atoms with van der Waals surface area (Å²) in [5, 5.41) is 0. The van der Waals surface area contributed by atoms with Gasteiger partial charge in [0.15, 0.2) is 0 Å². The van der Waals surface area contributed by atoms with E-state index in [1.165, 1.54) is 18.3 Å². The van der Waals surface area contributed by atoms with Crippen molar-refractivity contribution < 1.29 is 17.2 Å². The predicted octanol–water partition coefficient (Wildman–Crippen LogP) is 2.62. The van der Waals surface area contributed by atoms with Crippen LogP contribution in [0.1, 0.15) is 18.6 Å². The lowest BCUT2D eigenvalue weighted by atomic mass is 10.3. The molecule has 0 spiro atoms. The Balaban J connectivity index is 2.14. The first-order valence-corrected chi connectivity index (χ1v) is 8.08. The third kappa shape index (κ3) is 3.44. The van der Waals surface area contributed by atoms with Crippen LogP contribution in [0.2, 0.25) is 0 Å². The summed E-state index contributed by atoms with van der Waals surface area (Å²) in [5.74, 6) is 0.0745. The highest BCUT2D eigenvalue weighted by atomic mass is 79.9. The molecule has 1 aromatic heterocycles. The van der Waals surface area contributed by atoms with E-state index >= 15 is 0 Å². The Bertz CT molecular complexity index is 715. The van der Waals surface area contributed by atoms with Gasteiger partial charge in [-0.1, -0.05) is 22.9 Å². The molecule has 0 radical (unpaired) electrons. The highest BCUT2D eigenvalue weighted by molar-refractivity contribution is 9.10. The average molecular weight is 363 g/mol. The first-order valence-electron chi connectivity index (χ1n) is 5.80. The van der Waals surface area contributed by atoms with Crippen LogP contribution >= 0.6 is 15.9 Å². The molecule has 0 saturated carbocycles. The van der Waals surface area contributed by atoms with E-state index in [0.29, 0.717) is 16.7 Å². The predicted molar refractivity (Wildman–Crippen MR) is 74.0 cm³/mol. The molecule has 0 fully saturated rings. The van der Waals surface area contributed by atoms with Crippen LogP contribution in [0.3, 0.4) is 0 Å². The van der Waals surface area contributed by atoms with Crippen molar-refractivity contribution in [3.63, 3.8) is 0 Å². The van der Waals surface area contributed by atoms with E-state index in [2.05, 4.69) is 25.6 Å². The van der Waals surface area contributed by atoms with Crippen molar-refractivity contribution in [2.75, 3.05) is 0 Å². The van der Waals surface area contributed by atoms with Crippen molar-refractivity contribution in [2.45, 2.75) is 24.8 Å². The largest absolute Gasteiger partial charge is 0.444 e. The Hall–Kier alpha value is -1.25. The van der Waals surface area contributed by atoms with Crippen molar-refractivity contribution >= 4 is 26.0 Å². The van der Waals surface area contributed by atoms with Crippen LogP contribution in [0.25, 0.3) is 0 Å². The monoisotopic (exact) mass is 362 g/mol. The molecule has 1 heterocycles. The molecule has 0 unspecified atom stereocenters. The normalized spacial score (nSPS) is 11.8. The summed E-state index contributed by atoms with van der Waals surface area (Å²) in [5.41, 5.74) is 0. The molecule has 0 amide bonds. The molecule has 0 saturated heterocycles. The lowest BCUT2D eigenvalue weighted by Gasteiger charge is -2.06. The van der Waals surface area contributed by atoms with Gasteiger partial charge in [-0.15, -0.1) is 0 Å². The number of hydrogen-bond donors (Lipinski definition) is 1. The summed E-state index contributed by atoms with van der Waals surface area (Å²) in [6.07, 6.45) is 2.20. The first-order chi connectivity index (χ1) is 9.42. The molecule has 2 aromatic rings. The zero-order valence-corrected chi connectivity index (χ0v) is 13.0. The molecule has 108 valence electrons. The fourth-order valence-electron chi connectivity index (χ4n) is 1.52. The van der Waals surface area contributed by atoms with Gasteiger partial charge < -0.3 is 4.42 Å². The third-order valence-corrected chi connectivity index (χ3v) is 4.47. The van der Waals surface area contributed by atoms with Crippen LogP contribution in [0.4, 0.5) is 4.39 Å². The maximum Gasteiger partial charge on any atom is 0.243 e. The lowest BCUT2D eigenvalue weighted by molar-refractivity contribution is 0.451. The number of oxazole rings is 1. The van der Waals surface area contributed by atoms with Crippen LogP contribution in [-0.4, -0.2) is 13.4 Å². The number of halogens is 2. The minimum absolute atomic E-state index is 0.127. The summed E-state index contributed by atoms with van der Waals surface area (Å²) in [6, 6.07) is 3.74. The van der Waals surface area contributed by atoms with Gasteiger partial charge in [-0.25, -0.2) is 22.5 Å². The molecule has 0 atom stereocenters. The van der Waals surface area contributed by atoms with Gasteiger partial charge in [0.1, 0.15) is 16.5 Å². The second kappa shape index (κ2) is 6.02. The van der Waals surface area contributed by atoms with Gasteiger partial charge >= 0.3 is 0 Å². The van der Waals surface area contributed by atoms with Crippen molar-refractivity contribution in [3.8, 4) is 0 Å². The number of nitrogens with one attached hydrogen (secondary N) is 1. The van der Waals surface area contributed by atoms with E-state index in [4.69, 9.17) is 4.42 Å². The summed E-state index contributed by atoms with van der Waals surface area (Å²) >= 11 is 3.07. The lowest BCUT2D eigenvalue weighted by Crippen LogP contribution is -2.24. The fraction of sp³-hybridized carbons (Fsp3) is 0.250. The number of aryl methyl sites for hydroxylation is 1. The zero-order valence-electron chi connectivity index (χ0n) is 10.6. The van der Waals surface area contributed by atoms with Crippen LogP contribution in [0.15, 0.2) is 38.2 Å². The van der Waals surface area contributed by atoms with Gasteiger partial charge in [-0.2, -0.15) is 0 Å². The van der Waals surface area contributed by atoms with Crippen molar-refractivity contribution in [1.29, 1.82) is 0 Å². The number of aromatic nitrogens is 1. The van der Waals surface area contributed by atoms with Crippen molar-refractivity contribution in [3.05, 3.63) is 46.3 Å². The second-order valence-electron chi connectivity index (χ2n) is 3.97. The van der Waals surface area contributed by atoms with Gasteiger partial charge in [-0.3, -0.25) is 0 Å². The van der Waals surface area contributed by atoms with Gasteiger partial charge in [0, 0.05) is 10.9 Å². The van der Waals surface area contributed by atoms with E-state index in [-0.39, 0.29) is 12.4 Å². The minimum Gasteiger partial charge on any atom is -0.444 e. The molecule has 20 heavy (non-hydrogen) atoms. The maximum absolute atomic E-state index is 13.6. The first kappa shape index (κ1) is 15.1. The van der Waals surface area contributed by atoms with Gasteiger partial charge in [0.25, 0.3) is 0 Å². The van der Waals surface area contributed by atoms with Gasteiger partial charge in [-0.05, 0) is 18.2 Å². The molecule has 0 aliphatic carbocycles. The molecule has 0 bridgehead atoms. The van der Waals surface area contributed by atoms with Crippen LogP contribution in [0.5, 0.6) is 0 Å². The topological polar surface area (TPSA) is 72.2 Å². The average Bonchev–Trinajstić information content (AvgIpc) is 2.84. The molecule has 0 aliphatic rings. The molecular weight excluding hydrogens is 351 g/mol. The highest BCUT2D eigenvalue weighted by Crippen LogP contribution is 2.19. The molecule has 0 aliphatic heterocycles. The Kier molecular flexibility index (Phi) is 4.56. The number of sulfonamides is 1. The summed E-state index contributed by atoms with van der Waals surface area (Å²) in [4.78, 5) is 3.51. The molecular formula is C12H12BrFN2O3S. The molecule has 2 rings (SSSR count). The highest BCUT2D eigenvalue weighted by Gasteiger charge is 2.19. The van der Waals surface area contributed by atoms with E-state index in [1.807, 2.05) is 6.92 Å². The minimum atomic E-state index is -3.95. The Morgan fingerprint density at radius 3 is 2.80 bits per heavy atom. The third-order valence-electron chi connectivity index (χ3n) is 2.55. The summed E-state index contributed by atoms with van der Waals surface area (Å²) in [7, 11) is -3.95. The molecule has 1 aromatic carbocycles. The van der Waals surface area contributed by atoms with E-state index in [0.717, 1.165) is 6.07 Å². The van der Waals surface area contributed by atoms with Gasteiger partial charge in [0.2, 0.25) is 15.9 Å². The maximum atomic E-state index is 13.6. The molecule has 8 heteroatoms. The van der Waals surface area contributed by atoms with Crippen molar-refractivity contribution in [2.24, 2.45) is 0 Å². The Morgan fingerprint density at radius 2 is 2.20 bits per heavy atom. The van der Waals surface area contributed by atoms with Gasteiger partial charge in [0.05, 0.1) is 12.7 Å². The number of benzene rings is 1. The van der Waals surface area contributed by atoms with Crippen molar-refractivity contribution in [1.82, 2.24) is 9.71 Å². The smallest absolute Gasteiger partial charge is 0.243 e. The Labute approximate surface area is 124 Å². The van der Waals surface area contributed by atoms with Crippen LogP contribution in [-0.2, 0) is 23.0 Å². The standard InChI is InChI=1S/C12H12BrFN2O3S/c1-2-9-6-15-12(19-9)7-16-20(17,18)11-4-3-8(13)5-10(11)14/h3-6,16H,2,7H2,1H3. The number of nitrogens with zero attached hydrogens (tertiary/aromatic N) is 1. The summed E-state index contributed by atoms with van der Waals surface area (Å²) in [6.45, 7) is 1.77. The number of rotatable bonds is 5. The number of hydrogen-bond acceptors (Lipinski definition) is 4. The fourth-order valence-corrected chi connectivity index (χ4v) is 2.89. The summed E-state index contributed by atoms with van der Waals surface area (Å²) < 4.78 is 45.6. The zero-order chi connectivity index (χ0) is 14.8. The van der Waals surface area contributed by atoms with Crippen LogP contribution in [0, 0.1) is 5.82 Å². The van der Waals surface area contributed by atoms with E-state index in [9.17, 15) is 12.8 Å². The molecule has 1 N–H and O–H groups in total. The van der Waals surface area contributed by atoms with E-state index in [1.54, 1.807) is 0 Å². The second-order valence-corrected chi connectivity index (χ2v) is 6.62. The Morgan fingerprint density at radius 1 is 1.45 bits per heavy atom.